The Kier molecular flexibility index (Phi) is 5.13. The van der Waals surface area contributed by atoms with Crippen LogP contribution in [0.2, 0.25) is 0 Å². The maximum atomic E-state index is 12.3. The van der Waals surface area contributed by atoms with Crippen LogP contribution < -0.4 is 16.0 Å². The van der Waals surface area contributed by atoms with E-state index >= 15 is 0 Å². The average Bonchev–Trinajstić information content (AvgIpc) is 3.03. The van der Waals surface area contributed by atoms with E-state index in [9.17, 15) is 9.59 Å². The van der Waals surface area contributed by atoms with Gasteiger partial charge < -0.3 is 20.9 Å². The molecule has 3 heterocycles. The minimum atomic E-state index is -0.0248. The zero-order chi connectivity index (χ0) is 15.5. The predicted molar refractivity (Wildman–Crippen MR) is 88.0 cm³/mol. The van der Waals surface area contributed by atoms with Crippen LogP contribution in [0, 0.1) is 0 Å². The van der Waals surface area contributed by atoms with E-state index in [2.05, 4.69) is 22.9 Å². The van der Waals surface area contributed by atoms with Crippen LogP contribution in [0.1, 0.15) is 32.6 Å². The Hall–Kier alpha value is -0.950. The zero-order valence-electron chi connectivity index (χ0n) is 13.1. The third-order valence-corrected chi connectivity index (χ3v) is 6.40. The molecule has 3 N–H and O–H groups in total. The second kappa shape index (κ2) is 7.08. The van der Waals surface area contributed by atoms with Gasteiger partial charge in [-0.1, -0.05) is 6.42 Å². The summed E-state index contributed by atoms with van der Waals surface area (Å²) < 4.78 is 0. The molecule has 0 aliphatic carbocycles. The number of unbranched alkanes of at least 4 members (excludes halogenated alkanes) is 1. The van der Waals surface area contributed by atoms with Gasteiger partial charge >= 0.3 is 6.03 Å². The van der Waals surface area contributed by atoms with Gasteiger partial charge in [0, 0.05) is 43.1 Å². The summed E-state index contributed by atoms with van der Waals surface area (Å²) in [6.45, 7) is 4.75. The molecule has 3 rings (SSSR count). The summed E-state index contributed by atoms with van der Waals surface area (Å²) in [4.78, 5) is 25.6. The molecule has 6 nitrogen and oxygen atoms in total. The van der Waals surface area contributed by atoms with Gasteiger partial charge in [-0.15, -0.1) is 0 Å². The molecule has 3 saturated heterocycles. The Morgan fingerprint density at radius 3 is 3.05 bits per heavy atom. The molecule has 7 heteroatoms. The number of amides is 3. The Balaban J connectivity index is 1.35. The first kappa shape index (κ1) is 15.9. The first-order valence-electron chi connectivity index (χ1n) is 8.34. The highest BCUT2D eigenvalue weighted by Crippen LogP contribution is 2.33. The fourth-order valence-corrected chi connectivity index (χ4v) is 5.16. The fourth-order valence-electron chi connectivity index (χ4n) is 3.62. The van der Waals surface area contributed by atoms with Crippen LogP contribution in [-0.4, -0.2) is 65.6 Å². The second-order valence-corrected chi connectivity index (χ2v) is 7.78. The first-order valence-corrected chi connectivity index (χ1v) is 9.39. The number of piperazine rings is 1. The second-order valence-electron chi connectivity index (χ2n) is 6.51. The molecule has 0 bridgehead atoms. The van der Waals surface area contributed by atoms with Crippen molar-refractivity contribution in [1.82, 2.24) is 20.9 Å². The van der Waals surface area contributed by atoms with Gasteiger partial charge in [-0.2, -0.15) is 11.8 Å². The molecule has 0 aromatic carbocycles. The summed E-state index contributed by atoms with van der Waals surface area (Å²) >= 11 is 1.94. The normalized spacial score (nSPS) is 34.2. The molecule has 4 atom stereocenters. The Morgan fingerprint density at radius 1 is 1.36 bits per heavy atom. The molecular formula is C15H26N4O2S. The van der Waals surface area contributed by atoms with E-state index in [-0.39, 0.29) is 12.1 Å². The lowest BCUT2D eigenvalue weighted by Crippen LogP contribution is -2.52. The van der Waals surface area contributed by atoms with Gasteiger partial charge in [0.2, 0.25) is 5.91 Å². The standard InChI is InChI=1S/C15H26N4O2S/c1-10-8-16-6-7-19(10)13(20)5-3-2-4-12-14-11(9-22-12)17-15(21)18-14/h10-12,14,16H,2-9H2,1H3,(H2,17,18,21)/t10?,11-,12-,14-/m0/s1. The molecule has 3 aliphatic heterocycles. The van der Waals surface area contributed by atoms with Crippen molar-refractivity contribution in [3.63, 3.8) is 0 Å². The van der Waals surface area contributed by atoms with Gasteiger partial charge in [-0.3, -0.25) is 4.79 Å². The van der Waals surface area contributed by atoms with Crippen molar-refractivity contribution in [2.24, 2.45) is 0 Å². The highest BCUT2D eigenvalue weighted by Gasteiger charge is 2.42. The number of hydrogen-bond acceptors (Lipinski definition) is 4. The van der Waals surface area contributed by atoms with Crippen LogP contribution in [0.4, 0.5) is 4.79 Å². The molecule has 1 unspecified atom stereocenters. The monoisotopic (exact) mass is 326 g/mol. The quantitative estimate of drug-likeness (QED) is 0.509. The summed E-state index contributed by atoms with van der Waals surface area (Å²) in [6, 6.07) is 0.863. The minimum absolute atomic E-state index is 0.0248. The number of rotatable bonds is 5. The SMILES string of the molecule is CC1CNCCN1C(=O)CCCC[C@@H]1SC[C@@H]2NC(=O)N[C@@H]21. The number of carbonyl (C=O) groups is 2. The fraction of sp³-hybridized carbons (Fsp3) is 0.867. The first-order chi connectivity index (χ1) is 10.6. The molecule has 3 fully saturated rings. The highest BCUT2D eigenvalue weighted by molar-refractivity contribution is 8.00. The van der Waals surface area contributed by atoms with E-state index in [1.807, 2.05) is 16.7 Å². The number of fused-ring (bicyclic) bond motifs is 1. The highest BCUT2D eigenvalue weighted by atomic mass is 32.2. The van der Waals surface area contributed by atoms with Crippen LogP contribution in [0.5, 0.6) is 0 Å². The van der Waals surface area contributed by atoms with E-state index in [1.165, 1.54) is 0 Å². The predicted octanol–water partition coefficient (Wildman–Crippen LogP) is 0.533. The van der Waals surface area contributed by atoms with Crippen molar-refractivity contribution in [2.45, 2.75) is 56.0 Å². The number of thioether (sulfide) groups is 1. The van der Waals surface area contributed by atoms with E-state index in [4.69, 9.17) is 0 Å². The minimum Gasteiger partial charge on any atom is -0.337 e. The topological polar surface area (TPSA) is 73.5 Å². The van der Waals surface area contributed by atoms with Crippen LogP contribution in [0.3, 0.4) is 0 Å². The van der Waals surface area contributed by atoms with E-state index in [0.29, 0.717) is 29.7 Å². The van der Waals surface area contributed by atoms with Crippen LogP contribution in [0.15, 0.2) is 0 Å². The molecule has 22 heavy (non-hydrogen) atoms. The van der Waals surface area contributed by atoms with Gasteiger partial charge in [0.1, 0.15) is 0 Å². The Labute approximate surface area is 136 Å². The smallest absolute Gasteiger partial charge is 0.315 e. The molecular weight excluding hydrogens is 300 g/mol. The van der Waals surface area contributed by atoms with Gasteiger partial charge in [0.05, 0.1) is 12.1 Å². The third kappa shape index (κ3) is 3.51. The summed E-state index contributed by atoms with van der Waals surface area (Å²) in [7, 11) is 0. The van der Waals surface area contributed by atoms with Crippen molar-refractivity contribution in [3.05, 3.63) is 0 Å². The summed E-state index contributed by atoms with van der Waals surface area (Å²) in [5.41, 5.74) is 0. The molecule has 3 aliphatic rings. The van der Waals surface area contributed by atoms with Gasteiger partial charge in [-0.25, -0.2) is 4.79 Å². The van der Waals surface area contributed by atoms with Crippen LogP contribution in [0.25, 0.3) is 0 Å². The number of urea groups is 1. The van der Waals surface area contributed by atoms with Gasteiger partial charge in [0.25, 0.3) is 0 Å². The summed E-state index contributed by atoms with van der Waals surface area (Å²) in [5.74, 6) is 1.30. The van der Waals surface area contributed by atoms with Crippen molar-refractivity contribution in [1.29, 1.82) is 0 Å². The van der Waals surface area contributed by atoms with Gasteiger partial charge in [-0.05, 0) is 19.8 Å². The molecule has 0 radical (unpaired) electrons. The van der Waals surface area contributed by atoms with Crippen molar-refractivity contribution < 1.29 is 9.59 Å². The molecule has 0 aromatic rings. The third-order valence-electron chi connectivity index (χ3n) is 4.89. The zero-order valence-corrected chi connectivity index (χ0v) is 14.0. The van der Waals surface area contributed by atoms with Crippen molar-refractivity contribution >= 4 is 23.7 Å². The maximum Gasteiger partial charge on any atom is 0.315 e. The molecule has 0 aromatic heterocycles. The van der Waals surface area contributed by atoms with Gasteiger partial charge in [0.15, 0.2) is 0 Å². The molecule has 3 amide bonds. The van der Waals surface area contributed by atoms with Crippen molar-refractivity contribution in [2.75, 3.05) is 25.4 Å². The lowest BCUT2D eigenvalue weighted by atomic mass is 10.0. The van der Waals surface area contributed by atoms with Crippen LogP contribution in [-0.2, 0) is 4.79 Å². The van der Waals surface area contributed by atoms with E-state index in [0.717, 1.165) is 44.6 Å². The van der Waals surface area contributed by atoms with Crippen LogP contribution >= 0.6 is 11.8 Å². The number of hydrogen-bond donors (Lipinski definition) is 3. The summed E-state index contributed by atoms with van der Waals surface area (Å²) in [5, 5.41) is 9.79. The maximum absolute atomic E-state index is 12.3. The summed E-state index contributed by atoms with van der Waals surface area (Å²) in [6.07, 6.45) is 3.74. The Morgan fingerprint density at radius 2 is 2.23 bits per heavy atom. The number of carbonyl (C=O) groups excluding carboxylic acids is 2. The number of nitrogens with zero attached hydrogens (tertiary/aromatic N) is 1. The molecule has 0 saturated carbocycles. The number of nitrogens with one attached hydrogen (secondary N) is 3. The van der Waals surface area contributed by atoms with E-state index < -0.39 is 0 Å². The lowest BCUT2D eigenvalue weighted by molar-refractivity contribution is -0.134. The lowest BCUT2D eigenvalue weighted by Gasteiger charge is -2.34. The van der Waals surface area contributed by atoms with Crippen molar-refractivity contribution in [3.8, 4) is 0 Å². The Bertz CT molecular complexity index is 434. The van der Waals surface area contributed by atoms with E-state index in [1.54, 1.807) is 0 Å². The molecule has 124 valence electrons. The molecule has 0 spiro atoms. The average molecular weight is 326 g/mol. The largest absolute Gasteiger partial charge is 0.337 e.